The molecule has 0 saturated carbocycles. The Balaban J connectivity index is 1.62. The lowest BCUT2D eigenvalue weighted by atomic mass is 10.1. The van der Waals surface area contributed by atoms with Crippen molar-refractivity contribution >= 4 is 28.8 Å². The molecular weight excluding hydrogens is 336 g/mol. The Bertz CT molecular complexity index is 728. The van der Waals surface area contributed by atoms with E-state index in [4.69, 9.17) is 4.74 Å². The van der Waals surface area contributed by atoms with E-state index in [1.807, 2.05) is 48.7 Å². The molecule has 0 radical (unpaired) electrons. The molecule has 2 heterocycles. The van der Waals surface area contributed by atoms with Crippen molar-refractivity contribution in [2.24, 2.45) is 0 Å². The number of benzene rings is 1. The number of carbonyl (C=O) groups excluding carboxylic acids is 2. The highest BCUT2D eigenvalue weighted by atomic mass is 32.1. The van der Waals surface area contributed by atoms with Gasteiger partial charge in [-0.15, -0.1) is 11.3 Å². The van der Waals surface area contributed by atoms with E-state index >= 15 is 0 Å². The van der Waals surface area contributed by atoms with E-state index in [2.05, 4.69) is 0 Å². The molecule has 25 heavy (non-hydrogen) atoms. The second-order valence-corrected chi connectivity index (χ2v) is 7.18. The predicted octanol–water partition coefficient (Wildman–Crippen LogP) is 2.95. The Hall–Kier alpha value is -2.34. The zero-order valence-electron chi connectivity index (χ0n) is 14.5. The van der Waals surface area contributed by atoms with Gasteiger partial charge in [-0.2, -0.15) is 0 Å². The molecule has 1 saturated heterocycles. The molecule has 132 valence electrons. The van der Waals surface area contributed by atoms with Crippen LogP contribution in [0.2, 0.25) is 0 Å². The Kier molecular flexibility index (Phi) is 5.38. The Labute approximate surface area is 151 Å². The highest BCUT2D eigenvalue weighted by molar-refractivity contribution is 7.09. The van der Waals surface area contributed by atoms with Crippen LogP contribution < -0.4 is 9.64 Å². The summed E-state index contributed by atoms with van der Waals surface area (Å²) in [4.78, 5) is 29.7. The summed E-state index contributed by atoms with van der Waals surface area (Å²) >= 11 is 1.66. The number of hydrogen-bond donors (Lipinski definition) is 0. The summed E-state index contributed by atoms with van der Waals surface area (Å²) in [6.07, 6.45) is 1.18. The van der Waals surface area contributed by atoms with Crippen molar-refractivity contribution in [2.75, 3.05) is 25.1 Å². The molecule has 2 amide bonds. The number of amides is 2. The first-order chi connectivity index (χ1) is 12.1. The zero-order chi connectivity index (χ0) is 17.8. The van der Waals surface area contributed by atoms with Crippen LogP contribution in [-0.2, 0) is 16.0 Å². The molecule has 1 atom stereocenters. The minimum atomic E-state index is -0.0484. The van der Waals surface area contributed by atoms with E-state index in [1.165, 1.54) is 4.88 Å². The molecule has 0 spiro atoms. The van der Waals surface area contributed by atoms with Crippen molar-refractivity contribution < 1.29 is 14.3 Å². The maximum Gasteiger partial charge on any atom is 0.246 e. The normalized spacial score (nSPS) is 17.7. The van der Waals surface area contributed by atoms with Crippen LogP contribution in [0.1, 0.15) is 18.2 Å². The van der Waals surface area contributed by atoms with E-state index in [9.17, 15) is 9.59 Å². The van der Waals surface area contributed by atoms with Crippen LogP contribution in [0.15, 0.2) is 41.8 Å². The number of carbonyl (C=O) groups is 2. The third kappa shape index (κ3) is 4.02. The summed E-state index contributed by atoms with van der Waals surface area (Å²) < 4.78 is 5.16. The summed E-state index contributed by atoms with van der Waals surface area (Å²) in [7, 11) is 1.61. The van der Waals surface area contributed by atoms with Crippen LogP contribution in [0.3, 0.4) is 0 Å². The van der Waals surface area contributed by atoms with Crippen molar-refractivity contribution in [2.45, 2.75) is 25.8 Å². The molecule has 0 bridgehead atoms. The topological polar surface area (TPSA) is 49.9 Å². The van der Waals surface area contributed by atoms with Gasteiger partial charge in [-0.1, -0.05) is 6.07 Å². The van der Waals surface area contributed by atoms with Gasteiger partial charge in [-0.05, 0) is 49.1 Å². The molecule has 0 aliphatic carbocycles. The minimum absolute atomic E-state index is 0.00404. The summed E-state index contributed by atoms with van der Waals surface area (Å²) in [6.45, 7) is 2.64. The summed E-state index contributed by atoms with van der Waals surface area (Å²) in [5.74, 6) is 0.753. The Morgan fingerprint density at radius 3 is 2.68 bits per heavy atom. The maximum absolute atomic E-state index is 12.5. The largest absolute Gasteiger partial charge is 0.497 e. The second kappa shape index (κ2) is 7.70. The van der Waals surface area contributed by atoms with Gasteiger partial charge in [0, 0.05) is 29.6 Å². The third-order valence-electron chi connectivity index (χ3n) is 4.46. The van der Waals surface area contributed by atoms with Crippen molar-refractivity contribution in [3.63, 3.8) is 0 Å². The van der Waals surface area contributed by atoms with E-state index in [1.54, 1.807) is 28.2 Å². The van der Waals surface area contributed by atoms with Crippen LogP contribution in [0.5, 0.6) is 5.75 Å². The molecule has 6 heteroatoms. The van der Waals surface area contributed by atoms with E-state index < -0.39 is 0 Å². The predicted molar refractivity (Wildman–Crippen MR) is 99.2 cm³/mol. The van der Waals surface area contributed by atoms with Crippen LogP contribution >= 0.6 is 11.3 Å². The summed E-state index contributed by atoms with van der Waals surface area (Å²) in [6, 6.07) is 11.4. The summed E-state index contributed by atoms with van der Waals surface area (Å²) in [5.41, 5.74) is 0.836. The number of rotatable bonds is 5. The van der Waals surface area contributed by atoms with Crippen LogP contribution in [0, 0.1) is 0 Å². The van der Waals surface area contributed by atoms with Gasteiger partial charge in [-0.25, -0.2) is 0 Å². The SMILES string of the molecule is COc1ccc(N2C[C@H](C)N(C(=O)CCc3cccs3)CC2=O)cc1. The fourth-order valence-electron chi connectivity index (χ4n) is 3.03. The molecule has 1 aliphatic heterocycles. The minimum Gasteiger partial charge on any atom is -0.497 e. The Morgan fingerprint density at radius 1 is 1.28 bits per heavy atom. The number of thiophene rings is 1. The van der Waals surface area contributed by atoms with Gasteiger partial charge in [-0.3, -0.25) is 9.59 Å². The van der Waals surface area contributed by atoms with E-state index in [-0.39, 0.29) is 24.4 Å². The molecule has 1 aromatic heterocycles. The maximum atomic E-state index is 12.5. The molecule has 2 aromatic rings. The first-order valence-electron chi connectivity index (χ1n) is 8.34. The van der Waals surface area contributed by atoms with Gasteiger partial charge in [0.1, 0.15) is 12.3 Å². The quantitative estimate of drug-likeness (QED) is 0.826. The first-order valence-corrected chi connectivity index (χ1v) is 9.22. The number of ether oxygens (including phenoxy) is 1. The van der Waals surface area contributed by atoms with Crippen molar-refractivity contribution in [3.8, 4) is 5.75 Å². The number of piperazine rings is 1. The molecular formula is C19H22N2O3S. The molecule has 0 unspecified atom stereocenters. The number of aryl methyl sites for hydroxylation is 1. The van der Waals surface area contributed by atoms with Crippen LogP contribution in [0.25, 0.3) is 0 Å². The lowest BCUT2D eigenvalue weighted by Gasteiger charge is -2.39. The van der Waals surface area contributed by atoms with E-state index in [0.29, 0.717) is 13.0 Å². The number of nitrogens with zero attached hydrogens (tertiary/aromatic N) is 2. The van der Waals surface area contributed by atoms with Gasteiger partial charge < -0.3 is 14.5 Å². The monoisotopic (exact) mass is 358 g/mol. The molecule has 5 nitrogen and oxygen atoms in total. The Morgan fingerprint density at radius 2 is 2.04 bits per heavy atom. The van der Waals surface area contributed by atoms with Gasteiger partial charge in [0.15, 0.2) is 0 Å². The highest BCUT2D eigenvalue weighted by Gasteiger charge is 2.32. The fourth-order valence-corrected chi connectivity index (χ4v) is 3.73. The zero-order valence-corrected chi connectivity index (χ0v) is 15.3. The highest BCUT2D eigenvalue weighted by Crippen LogP contribution is 2.23. The first kappa shape index (κ1) is 17.5. The van der Waals surface area contributed by atoms with E-state index in [0.717, 1.165) is 17.9 Å². The van der Waals surface area contributed by atoms with Crippen molar-refractivity contribution in [3.05, 3.63) is 46.7 Å². The number of anilines is 1. The smallest absolute Gasteiger partial charge is 0.246 e. The van der Waals surface area contributed by atoms with Crippen molar-refractivity contribution in [1.29, 1.82) is 0 Å². The second-order valence-electron chi connectivity index (χ2n) is 6.15. The summed E-state index contributed by atoms with van der Waals surface area (Å²) in [5, 5.41) is 2.01. The average Bonchev–Trinajstić information content (AvgIpc) is 3.15. The van der Waals surface area contributed by atoms with Gasteiger partial charge in [0.25, 0.3) is 0 Å². The lowest BCUT2D eigenvalue weighted by Crippen LogP contribution is -2.57. The van der Waals surface area contributed by atoms with Crippen molar-refractivity contribution in [1.82, 2.24) is 4.90 Å². The van der Waals surface area contributed by atoms with Crippen LogP contribution in [0.4, 0.5) is 5.69 Å². The fraction of sp³-hybridized carbons (Fsp3) is 0.368. The van der Waals surface area contributed by atoms with Gasteiger partial charge in [0.2, 0.25) is 11.8 Å². The standard InChI is InChI=1S/C19H22N2O3S/c1-14-12-21(15-5-7-16(24-2)8-6-15)19(23)13-20(14)18(22)10-9-17-4-3-11-25-17/h3-8,11,14H,9-10,12-13H2,1-2H3/t14-/m0/s1. The molecule has 1 aromatic carbocycles. The third-order valence-corrected chi connectivity index (χ3v) is 5.39. The van der Waals surface area contributed by atoms with Gasteiger partial charge in [0.05, 0.1) is 7.11 Å². The molecule has 0 N–H and O–H groups in total. The molecule has 1 aliphatic rings. The number of hydrogen-bond acceptors (Lipinski definition) is 4. The average molecular weight is 358 g/mol. The molecule has 3 rings (SSSR count). The molecule has 1 fully saturated rings. The van der Waals surface area contributed by atoms with Crippen LogP contribution in [-0.4, -0.2) is 43.0 Å². The van der Waals surface area contributed by atoms with Gasteiger partial charge >= 0.3 is 0 Å². The lowest BCUT2D eigenvalue weighted by molar-refractivity contribution is -0.139. The number of methoxy groups -OCH3 is 1.